The van der Waals surface area contributed by atoms with Crippen LogP contribution in [0.3, 0.4) is 0 Å². The number of rotatable bonds is 7. The molecule has 48 heavy (non-hydrogen) atoms. The molecule has 2 N–H and O–H groups in total. The van der Waals surface area contributed by atoms with E-state index in [-0.39, 0.29) is 19.3 Å². The topological polar surface area (TPSA) is 151 Å². The van der Waals surface area contributed by atoms with Crippen LogP contribution in [0.1, 0.15) is 114 Å². The van der Waals surface area contributed by atoms with Gasteiger partial charge in [0.05, 0.1) is 5.92 Å². The lowest BCUT2D eigenvalue weighted by atomic mass is 9.81. The number of hydrogen-bond acceptors (Lipinski definition) is 8. The fraction of sp³-hybridized carbons (Fsp3) is 0.600. The number of halogens is 2. The van der Waals surface area contributed by atoms with Crippen molar-refractivity contribution in [3.63, 3.8) is 0 Å². The van der Waals surface area contributed by atoms with E-state index in [1.54, 1.807) is 13.8 Å². The molecule has 2 fully saturated rings. The minimum absolute atomic E-state index is 0. The molecule has 0 unspecified atom stereocenters. The highest BCUT2D eigenvalue weighted by Gasteiger charge is 2.38. The van der Waals surface area contributed by atoms with Crippen molar-refractivity contribution in [3.8, 4) is 0 Å². The summed E-state index contributed by atoms with van der Waals surface area (Å²) in [4.78, 5) is 34.9. The van der Waals surface area contributed by atoms with Crippen LogP contribution >= 0.6 is 0 Å². The largest absolute Gasteiger partial charge is 0.481 e. The third kappa shape index (κ3) is 10.4. The van der Waals surface area contributed by atoms with Crippen LogP contribution in [0.2, 0.25) is 0 Å². The molecule has 264 valence electrons. The number of H-pyrrole nitrogens is 1. The second-order valence-electron chi connectivity index (χ2n) is 12.7. The summed E-state index contributed by atoms with van der Waals surface area (Å²) in [5.41, 5.74) is 2.13. The fourth-order valence-corrected chi connectivity index (χ4v) is 6.10. The second-order valence-corrected chi connectivity index (χ2v) is 12.7. The first-order chi connectivity index (χ1) is 22.3. The number of alkyl halides is 2. The maximum atomic E-state index is 12.9. The number of nitrogens with zero attached hydrogens (tertiary/aromatic N) is 5. The molecule has 1 aromatic carbocycles. The van der Waals surface area contributed by atoms with Gasteiger partial charge in [-0.3, -0.25) is 9.59 Å². The molecule has 1 atom stereocenters. The Bertz CT molecular complexity index is 1580. The highest BCUT2D eigenvalue weighted by atomic mass is 19.3. The molecule has 2 aliphatic rings. The van der Waals surface area contributed by atoms with Crippen LogP contribution in [0.4, 0.5) is 8.78 Å². The number of amides is 1. The summed E-state index contributed by atoms with van der Waals surface area (Å²) in [5.74, 6) is -1.28. The summed E-state index contributed by atoms with van der Waals surface area (Å²) in [6.45, 7) is 8.84. The minimum Gasteiger partial charge on any atom is -0.481 e. The Morgan fingerprint density at radius 3 is 2.00 bits per heavy atom. The number of hydrogen-bond donors (Lipinski definition) is 2. The van der Waals surface area contributed by atoms with Crippen molar-refractivity contribution in [1.29, 1.82) is 0 Å². The van der Waals surface area contributed by atoms with E-state index in [9.17, 15) is 18.4 Å². The molecule has 1 aliphatic carbocycles. The van der Waals surface area contributed by atoms with E-state index in [0.29, 0.717) is 56.9 Å². The molecule has 1 amide bonds. The number of nitrogens with one attached hydrogen (secondary N) is 1. The number of carboxylic acids is 1. The van der Waals surface area contributed by atoms with E-state index in [1.165, 1.54) is 37.0 Å². The summed E-state index contributed by atoms with van der Waals surface area (Å²) in [7, 11) is 0. The van der Waals surface area contributed by atoms with Gasteiger partial charge < -0.3 is 24.0 Å². The summed E-state index contributed by atoms with van der Waals surface area (Å²) >= 11 is 0. The van der Waals surface area contributed by atoms with Crippen LogP contribution in [-0.2, 0) is 16.0 Å². The number of aryl methyl sites for hydroxylation is 2. The molecule has 4 heterocycles. The molecule has 1 saturated carbocycles. The fourth-order valence-electron chi connectivity index (χ4n) is 6.10. The molecule has 4 aromatic rings. The van der Waals surface area contributed by atoms with Gasteiger partial charge in [-0.15, -0.1) is 0 Å². The van der Waals surface area contributed by atoms with Crippen molar-refractivity contribution in [2.75, 3.05) is 13.1 Å². The normalized spacial score (nSPS) is 18.9. The van der Waals surface area contributed by atoms with Gasteiger partial charge in [0.25, 0.3) is 5.91 Å². The van der Waals surface area contributed by atoms with Gasteiger partial charge in [-0.05, 0) is 76.3 Å². The lowest BCUT2D eigenvalue weighted by molar-refractivity contribution is -0.156. The van der Waals surface area contributed by atoms with E-state index < -0.39 is 17.8 Å². The molecule has 11 nitrogen and oxygen atoms in total. The number of aromatic nitrogens is 5. The molecule has 1 saturated heterocycles. The van der Waals surface area contributed by atoms with Crippen LogP contribution in [0.5, 0.6) is 0 Å². The van der Waals surface area contributed by atoms with Crippen LogP contribution in [0.25, 0.3) is 10.9 Å². The minimum atomic E-state index is -3.30. The first kappa shape index (κ1) is 38.3. The third-order valence-electron chi connectivity index (χ3n) is 8.99. The van der Waals surface area contributed by atoms with E-state index in [2.05, 4.69) is 32.2 Å². The highest BCUT2D eigenvalue weighted by molar-refractivity contribution is 5.84. The Morgan fingerprint density at radius 1 is 0.979 bits per heavy atom. The SMILES string of the molecule is C.CCC1CCC(c2nc(C)no2)CC1.C[C@@H](Cc1c[nH]c2ccccc12)C(=O)O.Cc1noc(C2CCN(C(=O)C(C)(F)F)CC2)n1. The zero-order valence-electron chi connectivity index (χ0n) is 27.8. The van der Waals surface area contributed by atoms with Gasteiger partial charge in [0.2, 0.25) is 11.8 Å². The first-order valence-electron chi connectivity index (χ1n) is 16.4. The standard InChI is InChI=1S/C12H13NO2.C11H15F2N3O2.C11H18N2O.CH4/c1-8(12(14)15)6-9-7-13-11-5-3-2-4-10(9)11;1-7-14-9(18-15-7)8-3-5-16(6-4-8)10(17)11(2,12)13;1-3-9-4-6-10(7-5-9)11-12-8(2)13-14-11;/h2-5,7-8,13H,6H2,1H3,(H,14,15);8H,3-6H2,1-2H3;9-10H,3-7H2,1-2H3;1H4/t8-;;;/m0.../s1. The average Bonchev–Trinajstić information content (AvgIpc) is 3.81. The number of carboxylic acid groups (broad SMARTS) is 1. The number of aromatic amines is 1. The van der Waals surface area contributed by atoms with E-state index in [0.717, 1.165) is 34.1 Å². The van der Waals surface area contributed by atoms with E-state index in [4.69, 9.17) is 14.2 Å². The molecule has 1 aliphatic heterocycles. The van der Waals surface area contributed by atoms with Crippen molar-refractivity contribution < 1.29 is 32.5 Å². The van der Waals surface area contributed by atoms with E-state index in [1.807, 2.05) is 37.4 Å². The van der Waals surface area contributed by atoms with Gasteiger partial charge in [0.15, 0.2) is 11.6 Å². The van der Waals surface area contributed by atoms with Gasteiger partial charge in [-0.2, -0.15) is 18.7 Å². The summed E-state index contributed by atoms with van der Waals surface area (Å²) in [6, 6.07) is 7.92. The van der Waals surface area contributed by atoms with Crippen molar-refractivity contribution >= 4 is 22.8 Å². The highest BCUT2D eigenvalue weighted by Crippen LogP contribution is 2.36. The van der Waals surface area contributed by atoms with Gasteiger partial charge >= 0.3 is 11.9 Å². The van der Waals surface area contributed by atoms with Crippen molar-refractivity contribution in [3.05, 3.63) is 59.5 Å². The molecule has 0 spiro atoms. The predicted octanol–water partition coefficient (Wildman–Crippen LogP) is 7.87. The molecule has 0 bridgehead atoms. The van der Waals surface area contributed by atoms with E-state index >= 15 is 0 Å². The first-order valence-corrected chi connectivity index (χ1v) is 16.4. The molecule has 6 rings (SSSR count). The quantitative estimate of drug-likeness (QED) is 0.200. The second kappa shape index (κ2) is 17.3. The average molecular weight is 673 g/mol. The number of piperidine rings is 1. The Kier molecular flexibility index (Phi) is 13.8. The Morgan fingerprint density at radius 2 is 1.52 bits per heavy atom. The summed E-state index contributed by atoms with van der Waals surface area (Å²) in [6.07, 6.45) is 10.0. The maximum Gasteiger partial charge on any atom is 0.322 e. The number of para-hydroxylation sites is 1. The van der Waals surface area contributed by atoms with Gasteiger partial charge in [0.1, 0.15) is 0 Å². The number of aliphatic carboxylic acids is 1. The molecule has 13 heteroatoms. The van der Waals surface area contributed by atoms with Gasteiger partial charge in [0, 0.05) is 48.9 Å². The number of likely N-dealkylation sites (tertiary alicyclic amines) is 1. The van der Waals surface area contributed by atoms with Gasteiger partial charge in [-0.1, -0.05) is 56.2 Å². The molecule has 3 aromatic heterocycles. The van der Waals surface area contributed by atoms with Crippen molar-refractivity contribution in [2.24, 2.45) is 11.8 Å². The Labute approximate surface area is 280 Å². The number of fused-ring (bicyclic) bond motifs is 1. The lowest BCUT2D eigenvalue weighted by Gasteiger charge is -2.31. The van der Waals surface area contributed by atoms with Crippen LogP contribution in [0, 0.1) is 25.7 Å². The summed E-state index contributed by atoms with van der Waals surface area (Å²) < 4.78 is 36.0. The van der Waals surface area contributed by atoms with Crippen LogP contribution < -0.4 is 0 Å². The number of carbonyl (C=O) groups excluding carboxylic acids is 1. The molecular weight excluding hydrogens is 622 g/mol. The molecular formula is C35H50F2N6O5. The van der Waals surface area contributed by atoms with Gasteiger partial charge in [-0.25, -0.2) is 0 Å². The zero-order chi connectivity index (χ0) is 34.1. The Balaban J connectivity index is 0.000000195. The smallest absolute Gasteiger partial charge is 0.322 e. The third-order valence-corrected chi connectivity index (χ3v) is 8.99. The monoisotopic (exact) mass is 672 g/mol. The number of benzene rings is 1. The van der Waals surface area contributed by atoms with Crippen molar-refractivity contribution in [1.82, 2.24) is 30.2 Å². The van der Waals surface area contributed by atoms with Crippen LogP contribution in [0.15, 0.2) is 39.5 Å². The van der Waals surface area contributed by atoms with Crippen molar-refractivity contribution in [2.45, 2.75) is 111 Å². The van der Waals surface area contributed by atoms with Crippen LogP contribution in [-0.4, -0.2) is 66.2 Å². The zero-order valence-corrected chi connectivity index (χ0v) is 27.8. The lowest BCUT2D eigenvalue weighted by Crippen LogP contribution is -2.45. The Hall–Kier alpha value is -4.16. The predicted molar refractivity (Wildman–Crippen MR) is 178 cm³/mol. The maximum absolute atomic E-state index is 12.9. The molecule has 0 radical (unpaired) electrons. The number of carbonyl (C=O) groups is 2. The summed E-state index contributed by atoms with van der Waals surface area (Å²) in [5, 5.41) is 17.5.